The Morgan fingerprint density at radius 1 is 1.00 bits per heavy atom. The van der Waals surface area contributed by atoms with Crippen LogP contribution in [0, 0.1) is 0 Å². The van der Waals surface area contributed by atoms with Crippen molar-refractivity contribution in [2.24, 2.45) is 0 Å². The van der Waals surface area contributed by atoms with Crippen LogP contribution in [0.3, 0.4) is 0 Å². The van der Waals surface area contributed by atoms with Gasteiger partial charge in [0.25, 0.3) is 0 Å². The second-order valence-electron chi connectivity index (χ2n) is 7.50. The maximum atomic E-state index is 12.5. The fraction of sp³-hybridized carbons (Fsp3) is 0.269. The molecule has 0 bridgehead atoms. The van der Waals surface area contributed by atoms with Gasteiger partial charge in [0, 0.05) is 30.9 Å². The lowest BCUT2D eigenvalue weighted by Gasteiger charge is -2.26. The number of ether oxygens (including phenoxy) is 2. The number of ketones is 1. The number of thiophene rings is 1. The number of hydrogen-bond donors (Lipinski definition) is 0. The topological polar surface area (TPSA) is 38.8 Å². The fourth-order valence-electron chi connectivity index (χ4n) is 3.45. The maximum Gasteiger partial charge on any atom is 0.195 e. The molecular formula is C26H27NO3S. The summed E-state index contributed by atoms with van der Waals surface area (Å²) in [7, 11) is 0. The van der Waals surface area contributed by atoms with Crippen LogP contribution in [0.15, 0.2) is 72.8 Å². The predicted molar refractivity (Wildman–Crippen MR) is 126 cm³/mol. The van der Waals surface area contributed by atoms with E-state index in [0.717, 1.165) is 55.5 Å². The summed E-state index contributed by atoms with van der Waals surface area (Å²) in [5.41, 5.74) is 2.24. The number of rotatable bonds is 9. The standard InChI is InChI=1S/C26H27NO3S/c28-25(26-13-11-24(31-26)20-22-4-2-1-3-5-22)12-8-21-6-9-23(10-7-21)30-19-16-27-14-17-29-18-15-27/h1-13H,14-20H2/b12-8+. The molecule has 0 aliphatic carbocycles. The van der Waals surface area contributed by atoms with E-state index in [1.54, 1.807) is 17.4 Å². The van der Waals surface area contributed by atoms with Crippen molar-refractivity contribution in [3.05, 3.63) is 93.7 Å². The van der Waals surface area contributed by atoms with Crippen molar-refractivity contribution < 1.29 is 14.3 Å². The van der Waals surface area contributed by atoms with Gasteiger partial charge in [-0.1, -0.05) is 48.5 Å². The van der Waals surface area contributed by atoms with E-state index in [1.165, 1.54) is 10.4 Å². The molecule has 0 N–H and O–H groups in total. The molecule has 4 rings (SSSR count). The summed E-state index contributed by atoms with van der Waals surface area (Å²) in [6.45, 7) is 5.13. The highest BCUT2D eigenvalue weighted by Gasteiger charge is 2.10. The highest BCUT2D eigenvalue weighted by atomic mass is 32.1. The van der Waals surface area contributed by atoms with Gasteiger partial charge in [-0.2, -0.15) is 0 Å². The first-order valence-electron chi connectivity index (χ1n) is 10.6. The number of hydrogen-bond acceptors (Lipinski definition) is 5. The number of nitrogens with zero attached hydrogens (tertiary/aromatic N) is 1. The van der Waals surface area contributed by atoms with E-state index in [0.29, 0.717) is 6.61 Å². The van der Waals surface area contributed by atoms with Gasteiger partial charge in [-0.15, -0.1) is 11.3 Å². The molecule has 2 aromatic carbocycles. The quantitative estimate of drug-likeness (QED) is 0.354. The van der Waals surface area contributed by atoms with Crippen LogP contribution in [0.5, 0.6) is 5.75 Å². The average molecular weight is 434 g/mol. The zero-order chi connectivity index (χ0) is 21.3. The Labute approximate surface area is 187 Å². The van der Waals surface area contributed by atoms with E-state index in [9.17, 15) is 4.79 Å². The SMILES string of the molecule is O=C(/C=C/c1ccc(OCCN2CCOCC2)cc1)c1ccc(Cc2ccccc2)s1. The molecule has 31 heavy (non-hydrogen) atoms. The summed E-state index contributed by atoms with van der Waals surface area (Å²) in [5.74, 6) is 0.885. The minimum atomic E-state index is 0.0372. The number of carbonyl (C=O) groups excluding carboxylic acids is 1. The number of morpholine rings is 1. The summed E-state index contributed by atoms with van der Waals surface area (Å²) in [4.78, 5) is 16.8. The van der Waals surface area contributed by atoms with E-state index < -0.39 is 0 Å². The first-order chi connectivity index (χ1) is 15.3. The Kier molecular flexibility index (Phi) is 7.66. The fourth-order valence-corrected chi connectivity index (χ4v) is 4.41. The van der Waals surface area contributed by atoms with Crippen LogP contribution in [0.4, 0.5) is 0 Å². The third-order valence-corrected chi connectivity index (χ3v) is 6.31. The molecule has 0 saturated carbocycles. The summed E-state index contributed by atoms with van der Waals surface area (Å²) in [6, 6.07) is 22.1. The smallest absolute Gasteiger partial charge is 0.195 e. The molecule has 0 atom stereocenters. The number of benzene rings is 2. The van der Waals surface area contributed by atoms with Crippen molar-refractivity contribution in [3.8, 4) is 5.75 Å². The zero-order valence-electron chi connectivity index (χ0n) is 17.5. The molecule has 0 unspecified atom stereocenters. The van der Waals surface area contributed by atoms with Crippen molar-refractivity contribution in [2.45, 2.75) is 6.42 Å². The second-order valence-corrected chi connectivity index (χ2v) is 8.67. The Bertz CT molecular complexity index is 989. The van der Waals surface area contributed by atoms with Crippen molar-refractivity contribution in [1.29, 1.82) is 0 Å². The predicted octanol–water partition coefficient (Wildman–Crippen LogP) is 4.95. The van der Waals surface area contributed by atoms with Crippen LogP contribution in [0.2, 0.25) is 0 Å². The first-order valence-corrected chi connectivity index (χ1v) is 11.5. The van der Waals surface area contributed by atoms with Crippen LogP contribution in [-0.4, -0.2) is 50.1 Å². The third-order valence-electron chi connectivity index (χ3n) is 5.21. The van der Waals surface area contributed by atoms with Crippen LogP contribution < -0.4 is 4.74 Å². The Hall–Kier alpha value is -2.73. The average Bonchev–Trinajstić information content (AvgIpc) is 3.28. The molecule has 5 heteroatoms. The summed E-state index contributed by atoms with van der Waals surface area (Å²) in [5, 5.41) is 0. The van der Waals surface area contributed by atoms with Gasteiger partial charge in [-0.3, -0.25) is 9.69 Å². The van der Waals surface area contributed by atoms with Gasteiger partial charge in [0.2, 0.25) is 0 Å². The first kappa shape index (κ1) is 21.5. The van der Waals surface area contributed by atoms with Gasteiger partial charge in [0.15, 0.2) is 5.78 Å². The van der Waals surface area contributed by atoms with Gasteiger partial charge >= 0.3 is 0 Å². The summed E-state index contributed by atoms with van der Waals surface area (Å²) in [6.07, 6.45) is 4.36. The van der Waals surface area contributed by atoms with E-state index >= 15 is 0 Å². The van der Waals surface area contributed by atoms with E-state index in [-0.39, 0.29) is 5.78 Å². The number of allylic oxidation sites excluding steroid dienone is 1. The minimum Gasteiger partial charge on any atom is -0.492 e. The van der Waals surface area contributed by atoms with E-state index in [1.807, 2.05) is 60.7 Å². The lowest BCUT2D eigenvalue weighted by Crippen LogP contribution is -2.38. The Balaban J connectivity index is 1.25. The van der Waals surface area contributed by atoms with Crippen molar-refractivity contribution >= 4 is 23.2 Å². The molecule has 2 heterocycles. The van der Waals surface area contributed by atoms with Gasteiger partial charge < -0.3 is 9.47 Å². The molecule has 1 aromatic heterocycles. The van der Waals surface area contributed by atoms with Crippen molar-refractivity contribution in [1.82, 2.24) is 4.90 Å². The van der Waals surface area contributed by atoms with Crippen molar-refractivity contribution in [2.75, 3.05) is 39.5 Å². The molecular weight excluding hydrogens is 406 g/mol. The lowest BCUT2D eigenvalue weighted by molar-refractivity contribution is 0.0322. The molecule has 3 aromatic rings. The van der Waals surface area contributed by atoms with Gasteiger partial charge in [-0.25, -0.2) is 0 Å². The summed E-state index contributed by atoms with van der Waals surface area (Å²) >= 11 is 1.56. The molecule has 0 spiro atoms. The largest absolute Gasteiger partial charge is 0.492 e. The zero-order valence-corrected chi connectivity index (χ0v) is 18.4. The van der Waals surface area contributed by atoms with Crippen molar-refractivity contribution in [3.63, 3.8) is 0 Å². The minimum absolute atomic E-state index is 0.0372. The monoisotopic (exact) mass is 433 g/mol. The summed E-state index contributed by atoms with van der Waals surface area (Å²) < 4.78 is 11.2. The molecule has 160 valence electrons. The Morgan fingerprint density at radius 3 is 2.55 bits per heavy atom. The molecule has 0 radical (unpaired) electrons. The molecule has 1 aliphatic heterocycles. The van der Waals surface area contributed by atoms with Gasteiger partial charge in [0.05, 0.1) is 18.1 Å². The maximum absolute atomic E-state index is 12.5. The van der Waals surface area contributed by atoms with E-state index in [4.69, 9.17) is 9.47 Å². The Morgan fingerprint density at radius 2 is 1.77 bits per heavy atom. The second kappa shape index (κ2) is 11.0. The highest BCUT2D eigenvalue weighted by Crippen LogP contribution is 2.21. The molecule has 1 fully saturated rings. The van der Waals surface area contributed by atoms with Crippen LogP contribution in [0.1, 0.15) is 25.7 Å². The third kappa shape index (κ3) is 6.62. The van der Waals surface area contributed by atoms with Crippen LogP contribution in [-0.2, 0) is 11.2 Å². The molecule has 1 saturated heterocycles. The van der Waals surface area contributed by atoms with Crippen LogP contribution in [0.25, 0.3) is 6.08 Å². The number of carbonyl (C=O) groups is 1. The molecule has 0 amide bonds. The van der Waals surface area contributed by atoms with Crippen LogP contribution >= 0.6 is 11.3 Å². The van der Waals surface area contributed by atoms with Gasteiger partial charge in [0.1, 0.15) is 12.4 Å². The lowest BCUT2D eigenvalue weighted by atomic mass is 10.1. The van der Waals surface area contributed by atoms with E-state index in [2.05, 4.69) is 17.0 Å². The molecule has 4 nitrogen and oxygen atoms in total. The normalized spacial score (nSPS) is 14.7. The molecule has 1 aliphatic rings. The highest BCUT2D eigenvalue weighted by molar-refractivity contribution is 7.14. The van der Waals surface area contributed by atoms with Gasteiger partial charge in [-0.05, 0) is 41.5 Å².